The summed E-state index contributed by atoms with van der Waals surface area (Å²) in [6.45, 7) is 12.7. The number of nitrogens with zero attached hydrogens (tertiary/aromatic N) is 5. The molecule has 10 nitrogen and oxygen atoms in total. The summed E-state index contributed by atoms with van der Waals surface area (Å²) < 4.78 is 16.4. The first kappa shape index (κ1) is 37.3. The average molecular weight is 698 g/mol. The van der Waals surface area contributed by atoms with Gasteiger partial charge >= 0.3 is 0 Å². The van der Waals surface area contributed by atoms with Crippen molar-refractivity contribution in [3.8, 4) is 39.5 Å². The highest BCUT2D eigenvalue weighted by Gasteiger charge is 2.05. The molecule has 0 aliphatic rings. The van der Waals surface area contributed by atoms with Gasteiger partial charge in [0.05, 0.1) is 13.7 Å². The number of rotatable bonds is 15. The van der Waals surface area contributed by atoms with Gasteiger partial charge in [-0.15, -0.1) is 0 Å². The van der Waals surface area contributed by atoms with Crippen molar-refractivity contribution in [2.75, 3.05) is 50.6 Å². The van der Waals surface area contributed by atoms with Crippen molar-refractivity contribution in [2.24, 2.45) is 0 Å². The van der Waals surface area contributed by atoms with E-state index in [1.807, 2.05) is 105 Å². The minimum atomic E-state index is 0.555. The summed E-state index contributed by atoms with van der Waals surface area (Å²) >= 11 is 0. The molecule has 0 saturated carbocycles. The van der Waals surface area contributed by atoms with Crippen LogP contribution in [0.5, 0.6) is 17.2 Å². The second-order valence-electron chi connectivity index (χ2n) is 11.8. The first-order valence-electron chi connectivity index (χ1n) is 17.5. The van der Waals surface area contributed by atoms with Crippen molar-refractivity contribution in [1.29, 1.82) is 0 Å². The Morgan fingerprint density at radius 2 is 0.942 bits per heavy atom. The maximum atomic E-state index is 5.82. The number of aromatic nitrogens is 4. The molecular weight excluding hydrogens is 651 g/mol. The highest BCUT2D eigenvalue weighted by Crippen LogP contribution is 2.24. The maximum Gasteiger partial charge on any atom is 0.227 e. The first-order valence-corrected chi connectivity index (χ1v) is 17.5. The predicted octanol–water partition coefficient (Wildman–Crippen LogP) is 9.21. The molecule has 0 fully saturated rings. The van der Waals surface area contributed by atoms with Crippen LogP contribution in [0.25, 0.3) is 22.3 Å². The van der Waals surface area contributed by atoms with E-state index in [-0.39, 0.29) is 0 Å². The van der Waals surface area contributed by atoms with E-state index in [1.165, 1.54) is 5.56 Å². The van der Waals surface area contributed by atoms with Gasteiger partial charge < -0.3 is 29.7 Å². The monoisotopic (exact) mass is 697 g/mol. The Balaban J connectivity index is 0.000000210. The van der Waals surface area contributed by atoms with Crippen LogP contribution in [0.3, 0.4) is 0 Å². The summed E-state index contributed by atoms with van der Waals surface area (Å²) in [5.41, 5.74) is 7.20. The van der Waals surface area contributed by atoms with Gasteiger partial charge in [-0.2, -0.15) is 0 Å². The molecule has 2 N–H and O–H groups in total. The number of hydrogen-bond donors (Lipinski definition) is 2. The normalized spacial score (nSPS) is 10.6. The smallest absolute Gasteiger partial charge is 0.227 e. The SMILES string of the molecule is CCOc1ccc(-c2cnc(Nc3ccc(OCCN(CC)CC)cc3)nc2)cc1.COc1ccc(Nc2ncc(-c3ccc(C)cc3)cn2)cc1. The molecule has 10 heteroatoms. The lowest BCUT2D eigenvalue weighted by Gasteiger charge is -2.18. The Hall–Kier alpha value is -6.00. The van der Waals surface area contributed by atoms with Crippen LogP contribution in [-0.4, -0.2) is 64.8 Å². The molecule has 0 spiro atoms. The largest absolute Gasteiger partial charge is 0.497 e. The molecule has 0 saturated heterocycles. The third-order valence-electron chi connectivity index (χ3n) is 8.21. The number of ether oxygens (including phenoxy) is 3. The Kier molecular flexibility index (Phi) is 13.9. The lowest BCUT2D eigenvalue weighted by molar-refractivity contribution is 0.223. The van der Waals surface area contributed by atoms with Gasteiger partial charge in [0, 0.05) is 53.8 Å². The lowest BCUT2D eigenvalue weighted by atomic mass is 10.1. The van der Waals surface area contributed by atoms with E-state index >= 15 is 0 Å². The van der Waals surface area contributed by atoms with Crippen LogP contribution < -0.4 is 24.8 Å². The van der Waals surface area contributed by atoms with Crippen molar-refractivity contribution in [1.82, 2.24) is 24.8 Å². The van der Waals surface area contributed by atoms with Crippen LogP contribution in [0.2, 0.25) is 0 Å². The van der Waals surface area contributed by atoms with Gasteiger partial charge in [-0.3, -0.25) is 0 Å². The van der Waals surface area contributed by atoms with Crippen LogP contribution in [-0.2, 0) is 0 Å². The molecule has 52 heavy (non-hydrogen) atoms. The number of anilines is 4. The van der Waals surface area contributed by atoms with Crippen LogP contribution in [0.1, 0.15) is 26.3 Å². The fraction of sp³-hybridized carbons (Fsp3) is 0.238. The highest BCUT2D eigenvalue weighted by atomic mass is 16.5. The van der Waals surface area contributed by atoms with Crippen molar-refractivity contribution >= 4 is 23.3 Å². The number of aryl methyl sites for hydroxylation is 1. The third-order valence-corrected chi connectivity index (χ3v) is 8.21. The number of hydrogen-bond acceptors (Lipinski definition) is 10. The molecule has 0 bridgehead atoms. The van der Waals surface area contributed by atoms with Gasteiger partial charge in [-0.05, 0) is 98.7 Å². The summed E-state index contributed by atoms with van der Waals surface area (Å²) in [6.07, 6.45) is 7.28. The molecule has 6 aromatic rings. The zero-order valence-corrected chi connectivity index (χ0v) is 30.5. The topological polar surface area (TPSA) is 107 Å². The van der Waals surface area contributed by atoms with Gasteiger partial charge in [0.1, 0.15) is 23.9 Å². The molecule has 0 atom stereocenters. The fourth-order valence-corrected chi connectivity index (χ4v) is 5.14. The Bertz CT molecular complexity index is 1900. The molecule has 0 amide bonds. The molecule has 4 aromatic carbocycles. The standard InChI is InChI=1S/C24H30N4O2.C18H17N3O/c1-4-28(5-2)15-16-30-23-13-9-21(10-14-23)27-24-25-17-20(18-26-24)19-7-11-22(12-8-19)29-6-3;1-13-3-5-14(6-4-13)15-11-19-18(20-12-15)21-16-7-9-17(22-2)10-8-16/h7-14,17-18H,4-6,15-16H2,1-3H3,(H,25,26,27);3-12H,1-2H3,(H,19,20,21). The number of likely N-dealkylation sites (N-methyl/N-ethyl adjacent to an activating group) is 1. The predicted molar refractivity (Wildman–Crippen MR) is 210 cm³/mol. The summed E-state index contributed by atoms with van der Waals surface area (Å²) in [7, 11) is 1.65. The fourth-order valence-electron chi connectivity index (χ4n) is 5.14. The summed E-state index contributed by atoms with van der Waals surface area (Å²) in [5.74, 6) is 3.67. The molecule has 0 unspecified atom stereocenters. The first-order chi connectivity index (χ1) is 25.5. The molecule has 268 valence electrons. The molecule has 0 aliphatic carbocycles. The Morgan fingerprint density at radius 1 is 0.519 bits per heavy atom. The van der Waals surface area contributed by atoms with Crippen molar-refractivity contribution in [3.63, 3.8) is 0 Å². The van der Waals surface area contributed by atoms with Crippen LogP contribution in [0.4, 0.5) is 23.3 Å². The zero-order valence-electron chi connectivity index (χ0n) is 30.5. The minimum Gasteiger partial charge on any atom is -0.497 e. The second kappa shape index (κ2) is 19.4. The summed E-state index contributed by atoms with van der Waals surface area (Å²) in [4.78, 5) is 19.9. The van der Waals surface area contributed by atoms with E-state index in [1.54, 1.807) is 7.11 Å². The van der Waals surface area contributed by atoms with Crippen molar-refractivity contribution < 1.29 is 14.2 Å². The molecule has 6 rings (SSSR count). The van der Waals surface area contributed by atoms with Crippen LogP contribution in [0.15, 0.2) is 122 Å². The Morgan fingerprint density at radius 3 is 1.38 bits per heavy atom. The van der Waals surface area contributed by atoms with E-state index < -0.39 is 0 Å². The van der Waals surface area contributed by atoms with E-state index in [2.05, 4.69) is 80.5 Å². The number of nitrogens with one attached hydrogen (secondary N) is 2. The quantitative estimate of drug-likeness (QED) is 0.108. The van der Waals surface area contributed by atoms with Gasteiger partial charge in [0.2, 0.25) is 11.9 Å². The molecule has 2 heterocycles. The highest BCUT2D eigenvalue weighted by molar-refractivity contribution is 5.65. The minimum absolute atomic E-state index is 0.555. The molecule has 2 aromatic heterocycles. The second-order valence-corrected chi connectivity index (χ2v) is 11.8. The summed E-state index contributed by atoms with van der Waals surface area (Å²) in [6, 6.07) is 31.7. The van der Waals surface area contributed by atoms with Gasteiger partial charge in [-0.25, -0.2) is 19.9 Å². The summed E-state index contributed by atoms with van der Waals surface area (Å²) in [5, 5.41) is 6.39. The van der Waals surface area contributed by atoms with Gasteiger partial charge in [-0.1, -0.05) is 55.8 Å². The van der Waals surface area contributed by atoms with E-state index in [0.717, 1.165) is 70.5 Å². The zero-order chi connectivity index (χ0) is 36.5. The van der Waals surface area contributed by atoms with Gasteiger partial charge in [0.15, 0.2) is 0 Å². The van der Waals surface area contributed by atoms with E-state index in [0.29, 0.717) is 25.1 Å². The molecular formula is C42H47N7O3. The van der Waals surface area contributed by atoms with Crippen molar-refractivity contribution in [3.05, 3.63) is 127 Å². The number of methoxy groups -OCH3 is 1. The maximum absolute atomic E-state index is 5.82. The Labute approximate surface area is 306 Å². The van der Waals surface area contributed by atoms with E-state index in [9.17, 15) is 0 Å². The van der Waals surface area contributed by atoms with Gasteiger partial charge in [0.25, 0.3) is 0 Å². The van der Waals surface area contributed by atoms with Crippen molar-refractivity contribution in [2.45, 2.75) is 27.7 Å². The average Bonchev–Trinajstić information content (AvgIpc) is 3.19. The third kappa shape index (κ3) is 11.3. The molecule has 0 radical (unpaired) electrons. The molecule has 0 aliphatic heterocycles. The number of benzene rings is 4. The lowest BCUT2D eigenvalue weighted by Crippen LogP contribution is -2.27. The van der Waals surface area contributed by atoms with Crippen LogP contribution >= 0.6 is 0 Å². The van der Waals surface area contributed by atoms with Crippen LogP contribution in [0, 0.1) is 6.92 Å². The van der Waals surface area contributed by atoms with E-state index in [4.69, 9.17) is 14.2 Å².